The van der Waals surface area contributed by atoms with Crippen LogP contribution in [0.4, 0.5) is 0 Å². The van der Waals surface area contributed by atoms with Crippen LogP contribution in [-0.4, -0.2) is 25.2 Å². The molecule has 4 nitrogen and oxygen atoms in total. The van der Waals surface area contributed by atoms with E-state index in [2.05, 4.69) is 25.2 Å². The lowest BCUT2D eigenvalue weighted by Gasteiger charge is -2.18. The first-order chi connectivity index (χ1) is 12.5. The van der Waals surface area contributed by atoms with Crippen LogP contribution in [0.3, 0.4) is 0 Å². The van der Waals surface area contributed by atoms with Gasteiger partial charge in [0.05, 0.1) is 6.54 Å². The van der Waals surface area contributed by atoms with Crippen LogP contribution in [-0.2, 0) is 4.79 Å². The molecule has 0 spiro atoms. The van der Waals surface area contributed by atoms with Crippen LogP contribution < -0.4 is 14.8 Å². The normalized spacial score (nSPS) is 11.9. The first-order valence-corrected chi connectivity index (χ1v) is 9.24. The molecule has 0 unspecified atom stereocenters. The zero-order valence-corrected chi connectivity index (χ0v) is 16.1. The fourth-order valence-corrected chi connectivity index (χ4v) is 2.64. The first kappa shape index (κ1) is 19.8. The van der Waals surface area contributed by atoms with Gasteiger partial charge in [-0.2, -0.15) is 0 Å². The smallest absolute Gasteiger partial charge is 0.261 e. The average Bonchev–Trinajstić information content (AvgIpc) is 2.64. The van der Waals surface area contributed by atoms with E-state index >= 15 is 0 Å². The van der Waals surface area contributed by atoms with Crippen molar-refractivity contribution in [2.75, 3.05) is 13.2 Å². The van der Waals surface area contributed by atoms with Gasteiger partial charge in [-0.05, 0) is 43.0 Å². The Morgan fingerprint density at radius 1 is 1.08 bits per heavy atom. The number of rotatable bonds is 9. The molecule has 0 aromatic heterocycles. The summed E-state index contributed by atoms with van der Waals surface area (Å²) in [5.74, 6) is 1.86. The van der Waals surface area contributed by atoms with Crippen LogP contribution in [0.2, 0.25) is 0 Å². The maximum atomic E-state index is 12.3. The van der Waals surface area contributed by atoms with Crippen LogP contribution in [0, 0.1) is 6.92 Å². The molecule has 0 radical (unpaired) electrons. The number of carbonyl (C=O) groups is 1. The Balaban J connectivity index is 1.81. The third kappa shape index (κ3) is 5.80. The van der Waals surface area contributed by atoms with E-state index < -0.39 is 6.10 Å². The topological polar surface area (TPSA) is 47.6 Å². The molecule has 1 N–H and O–H groups in total. The predicted octanol–water partition coefficient (Wildman–Crippen LogP) is 4.47. The molecule has 0 aliphatic heterocycles. The second-order valence-corrected chi connectivity index (χ2v) is 6.66. The standard InChI is InChI=1S/C22H29NO3/c1-5-20(26-18-12-10-17(4)11-13-18)22(24)23-14-15-25-21-9-7-6-8-19(21)16(2)3/h6-13,16,20H,5,14-15H2,1-4H3,(H,23,24)/t20-/m0/s1. The highest BCUT2D eigenvalue weighted by Gasteiger charge is 2.18. The molecule has 4 heteroatoms. The Hall–Kier alpha value is -2.49. The number of nitrogens with one attached hydrogen (secondary N) is 1. The number of hydrogen-bond acceptors (Lipinski definition) is 3. The molecule has 0 saturated heterocycles. The van der Waals surface area contributed by atoms with Crippen molar-refractivity contribution < 1.29 is 14.3 Å². The monoisotopic (exact) mass is 355 g/mol. The lowest BCUT2D eigenvalue weighted by molar-refractivity contribution is -0.128. The number of hydrogen-bond donors (Lipinski definition) is 1. The van der Waals surface area contributed by atoms with E-state index in [1.807, 2.05) is 56.3 Å². The summed E-state index contributed by atoms with van der Waals surface area (Å²) in [6, 6.07) is 15.7. The molecule has 2 aromatic rings. The van der Waals surface area contributed by atoms with Crippen LogP contribution in [0.25, 0.3) is 0 Å². The molecular formula is C22H29NO3. The van der Waals surface area contributed by atoms with Crippen LogP contribution in [0.1, 0.15) is 44.2 Å². The molecule has 140 valence electrons. The highest BCUT2D eigenvalue weighted by atomic mass is 16.5. The first-order valence-electron chi connectivity index (χ1n) is 9.24. The van der Waals surface area contributed by atoms with Crippen LogP contribution in [0.5, 0.6) is 11.5 Å². The quantitative estimate of drug-likeness (QED) is 0.675. The lowest BCUT2D eigenvalue weighted by Crippen LogP contribution is -2.39. The minimum absolute atomic E-state index is 0.117. The fourth-order valence-electron chi connectivity index (χ4n) is 2.64. The summed E-state index contributed by atoms with van der Waals surface area (Å²) in [5, 5.41) is 2.90. The van der Waals surface area contributed by atoms with Gasteiger partial charge in [0.2, 0.25) is 0 Å². The lowest BCUT2D eigenvalue weighted by atomic mass is 10.0. The Labute approximate surface area is 156 Å². The molecule has 0 aliphatic rings. The molecule has 0 fully saturated rings. The molecule has 26 heavy (non-hydrogen) atoms. The Kier molecular flexibility index (Phi) is 7.52. The third-order valence-corrected chi connectivity index (χ3v) is 4.16. The zero-order chi connectivity index (χ0) is 18.9. The highest BCUT2D eigenvalue weighted by molar-refractivity contribution is 5.81. The van der Waals surface area contributed by atoms with Crippen molar-refractivity contribution in [3.63, 3.8) is 0 Å². The van der Waals surface area contributed by atoms with Crippen molar-refractivity contribution in [1.29, 1.82) is 0 Å². The number of benzene rings is 2. The van der Waals surface area contributed by atoms with Crippen LogP contribution in [0.15, 0.2) is 48.5 Å². The van der Waals surface area contributed by atoms with Gasteiger partial charge in [-0.1, -0.05) is 56.7 Å². The summed E-state index contributed by atoms with van der Waals surface area (Å²) < 4.78 is 11.6. The number of amides is 1. The van der Waals surface area contributed by atoms with Crippen molar-refractivity contribution in [3.8, 4) is 11.5 Å². The average molecular weight is 355 g/mol. The maximum Gasteiger partial charge on any atom is 0.261 e. The summed E-state index contributed by atoms with van der Waals surface area (Å²) in [7, 11) is 0. The third-order valence-electron chi connectivity index (χ3n) is 4.16. The van der Waals surface area contributed by atoms with Gasteiger partial charge in [0.25, 0.3) is 5.91 Å². The van der Waals surface area contributed by atoms with E-state index in [1.54, 1.807) is 0 Å². The van der Waals surface area contributed by atoms with Crippen molar-refractivity contribution in [1.82, 2.24) is 5.32 Å². The summed E-state index contributed by atoms with van der Waals surface area (Å²) in [6.07, 6.45) is 0.108. The molecule has 1 amide bonds. The highest BCUT2D eigenvalue weighted by Crippen LogP contribution is 2.25. The largest absolute Gasteiger partial charge is 0.491 e. The van der Waals surface area contributed by atoms with E-state index in [4.69, 9.17) is 9.47 Å². The Bertz CT molecular complexity index is 695. The molecule has 0 saturated carbocycles. The van der Waals surface area contributed by atoms with Gasteiger partial charge in [-0.3, -0.25) is 4.79 Å². The minimum Gasteiger partial charge on any atom is -0.491 e. The predicted molar refractivity (Wildman–Crippen MR) is 105 cm³/mol. The summed E-state index contributed by atoms with van der Waals surface area (Å²) >= 11 is 0. The van der Waals surface area contributed by atoms with Crippen molar-refractivity contribution in [2.24, 2.45) is 0 Å². The molecule has 1 atom stereocenters. The van der Waals surface area contributed by atoms with Crippen molar-refractivity contribution in [3.05, 3.63) is 59.7 Å². The molecule has 0 bridgehead atoms. The fraction of sp³-hybridized carbons (Fsp3) is 0.409. The van der Waals surface area contributed by atoms with Gasteiger partial charge in [-0.15, -0.1) is 0 Å². The zero-order valence-electron chi connectivity index (χ0n) is 16.1. The summed E-state index contributed by atoms with van der Waals surface area (Å²) in [4.78, 5) is 12.3. The summed E-state index contributed by atoms with van der Waals surface area (Å²) in [5.41, 5.74) is 2.33. The second kappa shape index (κ2) is 9.85. The molecule has 0 aliphatic carbocycles. The van der Waals surface area contributed by atoms with Gasteiger partial charge in [-0.25, -0.2) is 0 Å². The van der Waals surface area contributed by atoms with E-state index in [9.17, 15) is 4.79 Å². The number of para-hydroxylation sites is 1. The maximum absolute atomic E-state index is 12.3. The van der Waals surface area contributed by atoms with Crippen LogP contribution >= 0.6 is 0 Å². The molecular weight excluding hydrogens is 326 g/mol. The molecule has 0 heterocycles. The van der Waals surface area contributed by atoms with Gasteiger partial charge >= 0.3 is 0 Å². The molecule has 2 rings (SSSR count). The number of ether oxygens (including phenoxy) is 2. The minimum atomic E-state index is -0.499. The second-order valence-electron chi connectivity index (χ2n) is 6.66. The van der Waals surface area contributed by atoms with E-state index in [0.29, 0.717) is 31.2 Å². The Morgan fingerprint density at radius 2 is 1.77 bits per heavy atom. The van der Waals surface area contributed by atoms with Crippen molar-refractivity contribution in [2.45, 2.75) is 46.1 Å². The molecule has 2 aromatic carbocycles. The van der Waals surface area contributed by atoms with E-state index in [1.165, 1.54) is 5.56 Å². The number of aryl methyl sites for hydroxylation is 1. The van der Waals surface area contributed by atoms with Gasteiger partial charge in [0, 0.05) is 0 Å². The van der Waals surface area contributed by atoms with E-state index in [-0.39, 0.29) is 5.91 Å². The van der Waals surface area contributed by atoms with Crippen molar-refractivity contribution >= 4 is 5.91 Å². The van der Waals surface area contributed by atoms with Gasteiger partial charge in [0.15, 0.2) is 6.10 Å². The van der Waals surface area contributed by atoms with E-state index in [0.717, 1.165) is 11.3 Å². The Morgan fingerprint density at radius 3 is 2.42 bits per heavy atom. The number of carbonyl (C=O) groups excluding carboxylic acids is 1. The van der Waals surface area contributed by atoms with Gasteiger partial charge in [0.1, 0.15) is 18.1 Å². The SMILES string of the molecule is CC[C@H](Oc1ccc(C)cc1)C(=O)NCCOc1ccccc1C(C)C. The summed E-state index contributed by atoms with van der Waals surface area (Å²) in [6.45, 7) is 9.10. The van der Waals surface area contributed by atoms with Gasteiger partial charge < -0.3 is 14.8 Å².